The van der Waals surface area contributed by atoms with E-state index in [2.05, 4.69) is 31.1 Å². The third-order valence-electron chi connectivity index (χ3n) is 4.61. The van der Waals surface area contributed by atoms with E-state index in [-0.39, 0.29) is 0 Å². The van der Waals surface area contributed by atoms with E-state index < -0.39 is 0 Å². The SMILES string of the molecule is CCNC1CCC(CC)CC1N(C)C1CC1. The molecule has 94 valence electrons. The molecule has 2 fully saturated rings. The number of rotatable bonds is 5. The zero-order valence-electron chi connectivity index (χ0n) is 11.2. The second kappa shape index (κ2) is 5.50. The van der Waals surface area contributed by atoms with Gasteiger partial charge in [-0.3, -0.25) is 4.90 Å². The van der Waals surface area contributed by atoms with Gasteiger partial charge in [-0.1, -0.05) is 20.3 Å². The van der Waals surface area contributed by atoms with Crippen LogP contribution >= 0.6 is 0 Å². The fourth-order valence-corrected chi connectivity index (χ4v) is 3.31. The Kier molecular flexibility index (Phi) is 4.26. The van der Waals surface area contributed by atoms with Crippen LogP contribution in [-0.4, -0.2) is 36.6 Å². The maximum absolute atomic E-state index is 3.70. The Balaban J connectivity index is 1.95. The Labute approximate surface area is 101 Å². The smallest absolute Gasteiger partial charge is 0.0251 e. The molecule has 0 spiro atoms. The van der Waals surface area contributed by atoms with Crippen molar-refractivity contribution in [2.45, 2.75) is 70.5 Å². The Hall–Kier alpha value is -0.0800. The van der Waals surface area contributed by atoms with Crippen LogP contribution in [-0.2, 0) is 0 Å². The third-order valence-corrected chi connectivity index (χ3v) is 4.61. The molecular formula is C14H28N2. The lowest BCUT2D eigenvalue weighted by molar-refractivity contribution is 0.113. The summed E-state index contributed by atoms with van der Waals surface area (Å²) in [6, 6.07) is 2.45. The summed E-state index contributed by atoms with van der Waals surface area (Å²) in [5.74, 6) is 0.973. The van der Waals surface area contributed by atoms with Gasteiger partial charge in [0.15, 0.2) is 0 Å². The lowest BCUT2D eigenvalue weighted by Gasteiger charge is -2.41. The molecule has 2 saturated carbocycles. The van der Waals surface area contributed by atoms with Gasteiger partial charge >= 0.3 is 0 Å². The van der Waals surface area contributed by atoms with E-state index in [1.54, 1.807) is 0 Å². The summed E-state index contributed by atoms with van der Waals surface area (Å²) in [6.07, 6.45) is 8.47. The van der Waals surface area contributed by atoms with Gasteiger partial charge in [0.25, 0.3) is 0 Å². The number of hydrogen-bond acceptors (Lipinski definition) is 2. The second-order valence-electron chi connectivity index (χ2n) is 5.72. The molecule has 16 heavy (non-hydrogen) atoms. The third kappa shape index (κ3) is 2.78. The first-order valence-electron chi connectivity index (χ1n) is 7.21. The largest absolute Gasteiger partial charge is 0.313 e. The summed E-state index contributed by atoms with van der Waals surface area (Å²) in [4.78, 5) is 2.68. The standard InChI is InChI=1S/C14H28N2/c1-4-11-6-9-13(15-5-2)14(10-11)16(3)12-7-8-12/h11-15H,4-10H2,1-3H3. The number of nitrogens with zero attached hydrogens (tertiary/aromatic N) is 1. The molecule has 0 aromatic carbocycles. The Morgan fingerprint density at radius 1 is 1.12 bits per heavy atom. The molecule has 0 saturated heterocycles. The molecule has 2 aliphatic carbocycles. The molecule has 0 heterocycles. The Bertz CT molecular complexity index is 213. The van der Waals surface area contributed by atoms with Crippen molar-refractivity contribution >= 4 is 0 Å². The van der Waals surface area contributed by atoms with Crippen molar-refractivity contribution < 1.29 is 0 Å². The average molecular weight is 224 g/mol. The van der Waals surface area contributed by atoms with Crippen LogP contribution in [0.15, 0.2) is 0 Å². The van der Waals surface area contributed by atoms with Crippen molar-refractivity contribution in [3.63, 3.8) is 0 Å². The lowest BCUT2D eigenvalue weighted by Crippen LogP contribution is -2.52. The molecule has 0 aromatic rings. The van der Waals surface area contributed by atoms with Crippen LogP contribution in [0.1, 0.15) is 52.4 Å². The quantitative estimate of drug-likeness (QED) is 0.772. The van der Waals surface area contributed by atoms with E-state index in [1.807, 2.05) is 0 Å². The predicted molar refractivity (Wildman–Crippen MR) is 69.7 cm³/mol. The van der Waals surface area contributed by atoms with E-state index >= 15 is 0 Å². The fraction of sp³-hybridized carbons (Fsp3) is 1.00. The summed E-state index contributed by atoms with van der Waals surface area (Å²) in [7, 11) is 2.35. The van der Waals surface area contributed by atoms with E-state index in [9.17, 15) is 0 Å². The summed E-state index contributed by atoms with van der Waals surface area (Å²) in [6.45, 7) is 5.71. The van der Waals surface area contributed by atoms with E-state index in [0.717, 1.165) is 30.6 Å². The van der Waals surface area contributed by atoms with Gasteiger partial charge in [0.1, 0.15) is 0 Å². The van der Waals surface area contributed by atoms with Crippen molar-refractivity contribution in [1.82, 2.24) is 10.2 Å². The predicted octanol–water partition coefficient (Wildman–Crippen LogP) is 2.64. The van der Waals surface area contributed by atoms with Crippen LogP contribution in [0.4, 0.5) is 0 Å². The van der Waals surface area contributed by atoms with Gasteiger partial charge in [-0.2, -0.15) is 0 Å². The minimum Gasteiger partial charge on any atom is -0.313 e. The second-order valence-corrected chi connectivity index (χ2v) is 5.72. The van der Waals surface area contributed by atoms with Gasteiger partial charge in [-0.25, -0.2) is 0 Å². The van der Waals surface area contributed by atoms with Crippen molar-refractivity contribution in [3.05, 3.63) is 0 Å². The van der Waals surface area contributed by atoms with Gasteiger partial charge in [-0.15, -0.1) is 0 Å². The molecule has 0 aliphatic heterocycles. The van der Waals surface area contributed by atoms with Gasteiger partial charge in [0.2, 0.25) is 0 Å². The highest BCUT2D eigenvalue weighted by molar-refractivity contribution is 4.95. The van der Waals surface area contributed by atoms with Crippen LogP contribution in [0, 0.1) is 5.92 Å². The molecule has 2 heteroatoms. The van der Waals surface area contributed by atoms with Crippen LogP contribution in [0.2, 0.25) is 0 Å². The molecule has 3 unspecified atom stereocenters. The fourth-order valence-electron chi connectivity index (χ4n) is 3.31. The summed E-state index contributed by atoms with van der Waals surface area (Å²) < 4.78 is 0. The molecule has 1 N–H and O–H groups in total. The zero-order valence-corrected chi connectivity index (χ0v) is 11.2. The van der Waals surface area contributed by atoms with Crippen LogP contribution in [0.25, 0.3) is 0 Å². The van der Waals surface area contributed by atoms with Gasteiger partial charge in [0, 0.05) is 18.1 Å². The zero-order chi connectivity index (χ0) is 11.5. The van der Waals surface area contributed by atoms with Gasteiger partial charge < -0.3 is 5.32 Å². The van der Waals surface area contributed by atoms with E-state index in [1.165, 1.54) is 38.5 Å². The lowest BCUT2D eigenvalue weighted by atomic mass is 9.80. The minimum atomic E-state index is 0.749. The number of likely N-dealkylation sites (N-methyl/N-ethyl adjacent to an activating group) is 2. The molecule has 2 rings (SSSR count). The summed E-state index contributed by atoms with van der Waals surface area (Å²) >= 11 is 0. The maximum Gasteiger partial charge on any atom is 0.0251 e. The first-order valence-corrected chi connectivity index (χ1v) is 7.21. The first-order chi connectivity index (χ1) is 7.76. The van der Waals surface area contributed by atoms with Crippen molar-refractivity contribution in [2.24, 2.45) is 5.92 Å². The topological polar surface area (TPSA) is 15.3 Å². The average Bonchev–Trinajstić information content (AvgIpc) is 3.13. The highest BCUT2D eigenvalue weighted by Gasteiger charge is 2.37. The molecule has 2 nitrogen and oxygen atoms in total. The molecule has 0 aromatic heterocycles. The highest BCUT2D eigenvalue weighted by Crippen LogP contribution is 2.35. The minimum absolute atomic E-state index is 0.749. The number of hydrogen-bond donors (Lipinski definition) is 1. The molecule has 2 aliphatic rings. The van der Waals surface area contributed by atoms with Crippen molar-refractivity contribution in [2.75, 3.05) is 13.6 Å². The Morgan fingerprint density at radius 3 is 2.44 bits per heavy atom. The first kappa shape index (κ1) is 12.4. The van der Waals surface area contributed by atoms with Gasteiger partial charge in [-0.05, 0) is 51.6 Å². The van der Waals surface area contributed by atoms with Crippen LogP contribution in [0.3, 0.4) is 0 Å². The van der Waals surface area contributed by atoms with Crippen LogP contribution in [0.5, 0.6) is 0 Å². The molecule has 0 radical (unpaired) electrons. The van der Waals surface area contributed by atoms with Crippen molar-refractivity contribution in [3.8, 4) is 0 Å². The summed E-state index contributed by atoms with van der Waals surface area (Å²) in [5, 5.41) is 3.70. The molecule has 0 amide bonds. The van der Waals surface area contributed by atoms with Crippen LogP contribution < -0.4 is 5.32 Å². The molecule has 3 atom stereocenters. The summed E-state index contributed by atoms with van der Waals surface area (Å²) in [5.41, 5.74) is 0. The maximum atomic E-state index is 3.70. The molecular weight excluding hydrogens is 196 g/mol. The molecule has 0 bridgehead atoms. The van der Waals surface area contributed by atoms with E-state index in [4.69, 9.17) is 0 Å². The number of nitrogens with one attached hydrogen (secondary N) is 1. The normalized spacial score (nSPS) is 35.6. The van der Waals surface area contributed by atoms with Gasteiger partial charge in [0.05, 0.1) is 0 Å². The monoisotopic (exact) mass is 224 g/mol. The highest BCUT2D eigenvalue weighted by atomic mass is 15.2. The van der Waals surface area contributed by atoms with E-state index in [0.29, 0.717) is 0 Å². The van der Waals surface area contributed by atoms with Crippen molar-refractivity contribution in [1.29, 1.82) is 0 Å². The Morgan fingerprint density at radius 2 is 1.88 bits per heavy atom.